The van der Waals surface area contributed by atoms with Crippen LogP contribution in [-0.4, -0.2) is 12.9 Å². The molecule has 1 aromatic heterocycles. The van der Waals surface area contributed by atoms with Crippen LogP contribution in [0.1, 0.15) is 20.1 Å². The van der Waals surface area contributed by atoms with E-state index >= 15 is 0 Å². The Morgan fingerprint density at radius 2 is 1.73 bits per heavy atom. The lowest BCUT2D eigenvalue weighted by atomic mass is 10.1. The summed E-state index contributed by atoms with van der Waals surface area (Å²) in [5, 5.41) is 0.615. The van der Waals surface area contributed by atoms with Crippen molar-refractivity contribution in [1.29, 1.82) is 0 Å². The molecule has 0 bridgehead atoms. The molecule has 0 amide bonds. The molecule has 0 N–H and O–H groups in total. The van der Waals surface area contributed by atoms with E-state index in [1.807, 2.05) is 36.4 Å². The predicted octanol–water partition coefficient (Wildman–Crippen LogP) is 6.73. The molecular weight excluding hydrogens is 384 g/mol. The Morgan fingerprint density at radius 1 is 1.04 bits per heavy atom. The molecule has 0 radical (unpaired) electrons. The number of methoxy groups -OCH3 is 1. The SMILES string of the molecule is COc1ccc(S/C(=C/c2ccc(C)s2)C(=O)c2ccc(Cl)cc2)cc1. The number of carbonyl (C=O) groups excluding carboxylic acids is 1. The zero-order chi connectivity index (χ0) is 18.5. The van der Waals surface area contributed by atoms with Crippen LogP contribution in [0, 0.1) is 6.92 Å². The Hall–Kier alpha value is -2.01. The third-order valence-electron chi connectivity index (χ3n) is 3.65. The predicted molar refractivity (Wildman–Crippen MR) is 112 cm³/mol. The molecule has 0 saturated carbocycles. The van der Waals surface area contributed by atoms with Gasteiger partial charge in [0.2, 0.25) is 0 Å². The molecule has 1 heterocycles. The van der Waals surface area contributed by atoms with Gasteiger partial charge in [0.15, 0.2) is 5.78 Å². The second-order valence-corrected chi connectivity index (χ2v) is 8.44. The van der Waals surface area contributed by atoms with Gasteiger partial charge in [-0.15, -0.1) is 11.3 Å². The number of ketones is 1. The van der Waals surface area contributed by atoms with E-state index in [0.717, 1.165) is 15.5 Å². The van der Waals surface area contributed by atoms with E-state index in [4.69, 9.17) is 16.3 Å². The number of Topliss-reactive ketones (excluding diaryl/α,β-unsaturated/α-hetero) is 1. The minimum Gasteiger partial charge on any atom is -0.497 e. The Morgan fingerprint density at radius 3 is 2.31 bits per heavy atom. The Kier molecular flexibility index (Phi) is 6.20. The van der Waals surface area contributed by atoms with Crippen molar-refractivity contribution in [3.63, 3.8) is 0 Å². The van der Waals surface area contributed by atoms with Crippen molar-refractivity contribution < 1.29 is 9.53 Å². The summed E-state index contributed by atoms with van der Waals surface area (Å²) >= 11 is 9.06. The van der Waals surface area contributed by atoms with Gasteiger partial charge in [-0.3, -0.25) is 4.79 Å². The van der Waals surface area contributed by atoms with Gasteiger partial charge in [0.05, 0.1) is 12.0 Å². The average molecular weight is 401 g/mol. The maximum absolute atomic E-state index is 13.0. The van der Waals surface area contributed by atoms with Gasteiger partial charge >= 0.3 is 0 Å². The van der Waals surface area contributed by atoms with Crippen molar-refractivity contribution in [2.45, 2.75) is 11.8 Å². The number of thiophene rings is 1. The lowest BCUT2D eigenvalue weighted by Gasteiger charge is -2.08. The minimum absolute atomic E-state index is 0.0199. The first-order chi connectivity index (χ1) is 12.5. The van der Waals surface area contributed by atoms with Crippen molar-refractivity contribution in [3.8, 4) is 5.75 Å². The minimum atomic E-state index is -0.0199. The molecule has 2 nitrogen and oxygen atoms in total. The number of hydrogen-bond donors (Lipinski definition) is 0. The molecule has 0 aliphatic heterocycles. The average Bonchev–Trinajstić information content (AvgIpc) is 3.06. The Bertz CT molecular complexity index is 925. The van der Waals surface area contributed by atoms with E-state index < -0.39 is 0 Å². The highest BCUT2D eigenvalue weighted by atomic mass is 35.5. The maximum Gasteiger partial charge on any atom is 0.199 e. The van der Waals surface area contributed by atoms with Crippen LogP contribution in [0.5, 0.6) is 5.75 Å². The summed E-state index contributed by atoms with van der Waals surface area (Å²) in [4.78, 5) is 17.0. The van der Waals surface area contributed by atoms with Gasteiger partial charge in [-0.2, -0.15) is 0 Å². The molecule has 26 heavy (non-hydrogen) atoms. The summed E-state index contributed by atoms with van der Waals surface area (Å²) in [5.74, 6) is 0.770. The maximum atomic E-state index is 13.0. The summed E-state index contributed by atoms with van der Waals surface area (Å²) < 4.78 is 5.20. The van der Waals surface area contributed by atoms with Gasteiger partial charge in [0.1, 0.15) is 5.75 Å². The molecule has 0 unspecified atom stereocenters. The molecule has 132 valence electrons. The summed E-state index contributed by atoms with van der Waals surface area (Å²) in [6.45, 7) is 2.05. The van der Waals surface area contributed by atoms with Crippen LogP contribution >= 0.6 is 34.7 Å². The fourth-order valence-electron chi connectivity index (χ4n) is 2.32. The van der Waals surface area contributed by atoms with Gasteiger partial charge in [0, 0.05) is 25.2 Å². The molecule has 0 fully saturated rings. The normalized spacial score (nSPS) is 11.4. The molecule has 0 spiro atoms. The molecule has 0 aliphatic carbocycles. The van der Waals surface area contributed by atoms with Crippen molar-refractivity contribution in [3.05, 3.63) is 85.9 Å². The number of rotatable bonds is 6. The highest BCUT2D eigenvalue weighted by Crippen LogP contribution is 2.33. The van der Waals surface area contributed by atoms with Crippen LogP contribution in [0.4, 0.5) is 0 Å². The second kappa shape index (κ2) is 8.58. The Balaban J connectivity index is 1.93. The van der Waals surface area contributed by atoms with E-state index in [-0.39, 0.29) is 5.78 Å². The quantitative estimate of drug-likeness (QED) is 0.260. The first-order valence-electron chi connectivity index (χ1n) is 7.95. The summed E-state index contributed by atoms with van der Waals surface area (Å²) in [7, 11) is 1.64. The molecule has 0 atom stereocenters. The third-order valence-corrected chi connectivity index (χ3v) is 5.88. The van der Waals surface area contributed by atoms with Gasteiger partial charge in [-0.1, -0.05) is 23.4 Å². The monoisotopic (exact) mass is 400 g/mol. The molecule has 0 saturated heterocycles. The molecule has 5 heteroatoms. The van der Waals surface area contributed by atoms with Crippen LogP contribution in [0.2, 0.25) is 5.02 Å². The van der Waals surface area contributed by atoms with E-state index in [1.54, 1.807) is 42.7 Å². The number of carbonyl (C=O) groups is 1. The smallest absolute Gasteiger partial charge is 0.199 e. The van der Waals surface area contributed by atoms with Crippen LogP contribution < -0.4 is 4.74 Å². The van der Waals surface area contributed by atoms with Crippen molar-refractivity contribution in [2.75, 3.05) is 7.11 Å². The number of aryl methyl sites for hydroxylation is 1. The summed E-state index contributed by atoms with van der Waals surface area (Å²) in [6, 6.07) is 18.8. The molecule has 3 aromatic rings. The van der Waals surface area contributed by atoms with E-state index in [2.05, 4.69) is 13.0 Å². The van der Waals surface area contributed by atoms with Gasteiger partial charge < -0.3 is 4.74 Å². The zero-order valence-electron chi connectivity index (χ0n) is 14.4. The topological polar surface area (TPSA) is 26.3 Å². The number of thioether (sulfide) groups is 1. The van der Waals surface area contributed by atoms with Crippen LogP contribution in [0.15, 0.2) is 70.5 Å². The largest absolute Gasteiger partial charge is 0.497 e. The Labute approximate surface area is 166 Å². The van der Waals surface area contributed by atoms with Gasteiger partial charge in [-0.25, -0.2) is 0 Å². The highest BCUT2D eigenvalue weighted by molar-refractivity contribution is 8.04. The summed E-state index contributed by atoms with van der Waals surface area (Å²) in [5.41, 5.74) is 0.620. The molecular formula is C21H17ClO2S2. The van der Waals surface area contributed by atoms with E-state index in [1.165, 1.54) is 16.6 Å². The van der Waals surface area contributed by atoms with Crippen molar-refractivity contribution in [1.82, 2.24) is 0 Å². The van der Waals surface area contributed by atoms with Crippen molar-refractivity contribution in [2.24, 2.45) is 0 Å². The summed E-state index contributed by atoms with van der Waals surface area (Å²) in [6.07, 6.45) is 1.95. The van der Waals surface area contributed by atoms with Gasteiger partial charge in [0.25, 0.3) is 0 Å². The molecule has 2 aromatic carbocycles. The van der Waals surface area contributed by atoms with Crippen molar-refractivity contribution >= 4 is 46.6 Å². The number of hydrogen-bond acceptors (Lipinski definition) is 4. The fourth-order valence-corrected chi connectivity index (χ4v) is 4.26. The number of halogens is 1. The molecule has 3 rings (SSSR count). The third kappa shape index (κ3) is 4.79. The lowest BCUT2D eigenvalue weighted by Crippen LogP contribution is -2.00. The number of ether oxygens (including phenoxy) is 1. The van der Waals surface area contributed by atoms with Gasteiger partial charge in [-0.05, 0) is 73.7 Å². The van der Waals surface area contributed by atoms with E-state index in [9.17, 15) is 4.79 Å². The first-order valence-corrected chi connectivity index (χ1v) is 9.96. The van der Waals surface area contributed by atoms with E-state index in [0.29, 0.717) is 15.5 Å². The standard InChI is InChI=1S/C21H17ClO2S2/c1-14-3-10-19(25-14)13-20(21(23)15-4-6-16(22)7-5-15)26-18-11-8-17(24-2)9-12-18/h3-13H,1-2H3/b20-13+. The second-order valence-electron chi connectivity index (χ2n) is 5.57. The zero-order valence-corrected chi connectivity index (χ0v) is 16.8. The molecule has 0 aliphatic rings. The lowest BCUT2D eigenvalue weighted by molar-refractivity contribution is 0.104. The fraction of sp³-hybridized carbons (Fsp3) is 0.0952. The van der Waals surface area contributed by atoms with Crippen LogP contribution in [0.25, 0.3) is 6.08 Å². The van der Waals surface area contributed by atoms with Crippen LogP contribution in [0.3, 0.4) is 0 Å². The highest BCUT2D eigenvalue weighted by Gasteiger charge is 2.15. The number of benzene rings is 2. The van der Waals surface area contributed by atoms with Crippen LogP contribution in [-0.2, 0) is 0 Å². The number of allylic oxidation sites excluding steroid dienone is 1. The first kappa shape index (κ1) is 18.8.